The van der Waals surface area contributed by atoms with E-state index in [-0.39, 0.29) is 5.54 Å². The van der Waals surface area contributed by atoms with Crippen molar-refractivity contribution in [1.82, 2.24) is 5.32 Å². The molecule has 4 heteroatoms. The van der Waals surface area contributed by atoms with Gasteiger partial charge in [0.05, 0.1) is 5.69 Å². The molecule has 1 saturated carbocycles. The van der Waals surface area contributed by atoms with Crippen molar-refractivity contribution < 1.29 is 0 Å². The van der Waals surface area contributed by atoms with E-state index in [2.05, 4.69) is 81.0 Å². The maximum absolute atomic E-state index is 3.85. The molecular weight excluding hydrogens is 392 g/mol. The Kier molecular flexibility index (Phi) is 4.41. The number of benzene rings is 1. The van der Waals surface area contributed by atoms with Gasteiger partial charge in [0.15, 0.2) is 0 Å². The Balaban J connectivity index is 1.95. The molecule has 2 nitrogen and oxygen atoms in total. The van der Waals surface area contributed by atoms with Crippen LogP contribution in [0.2, 0.25) is 0 Å². The summed E-state index contributed by atoms with van der Waals surface area (Å²) in [6.07, 6.45) is 2.76. The average molecular weight is 416 g/mol. The van der Waals surface area contributed by atoms with Crippen LogP contribution >= 0.6 is 31.9 Å². The first-order chi connectivity index (χ1) is 9.90. The van der Waals surface area contributed by atoms with Gasteiger partial charge in [-0.3, -0.25) is 0 Å². The second kappa shape index (κ2) is 5.86. The number of nitrogens with one attached hydrogen (secondary N) is 1. The molecule has 21 heavy (non-hydrogen) atoms. The third kappa shape index (κ3) is 3.18. The van der Waals surface area contributed by atoms with Gasteiger partial charge in [0.1, 0.15) is 0 Å². The molecule has 0 aromatic heterocycles. The molecule has 0 spiro atoms. The lowest BCUT2D eigenvalue weighted by atomic mass is 9.87. The summed E-state index contributed by atoms with van der Waals surface area (Å²) >= 11 is 7.38. The summed E-state index contributed by atoms with van der Waals surface area (Å²) in [7, 11) is 0. The van der Waals surface area contributed by atoms with Gasteiger partial charge in [-0.1, -0.05) is 29.8 Å². The summed E-state index contributed by atoms with van der Waals surface area (Å²) in [5, 5.41) is 3.85. The van der Waals surface area contributed by atoms with E-state index in [0.29, 0.717) is 12.0 Å². The van der Waals surface area contributed by atoms with Crippen LogP contribution in [0.5, 0.6) is 0 Å². The Labute approximate surface area is 144 Å². The fourth-order valence-corrected chi connectivity index (χ4v) is 4.36. The lowest BCUT2D eigenvalue weighted by Gasteiger charge is -2.49. The molecule has 1 N–H and O–H groups in total. The van der Waals surface area contributed by atoms with Crippen LogP contribution in [0.25, 0.3) is 0 Å². The van der Waals surface area contributed by atoms with E-state index in [1.807, 2.05) is 0 Å². The van der Waals surface area contributed by atoms with Gasteiger partial charge in [0.25, 0.3) is 0 Å². The number of anilines is 1. The highest BCUT2D eigenvalue weighted by molar-refractivity contribution is 9.11. The topological polar surface area (TPSA) is 15.3 Å². The largest absolute Gasteiger partial charge is 0.364 e. The summed E-state index contributed by atoms with van der Waals surface area (Å²) < 4.78 is 2.34. The SMILES string of the molecule is CC(C)C1CNC(C)(C2CC2)CN1c1cc(Br)ccc1Br. The van der Waals surface area contributed by atoms with E-state index in [0.717, 1.165) is 23.5 Å². The van der Waals surface area contributed by atoms with E-state index < -0.39 is 0 Å². The highest BCUT2D eigenvalue weighted by Gasteiger charge is 2.46. The fraction of sp³-hybridized carbons (Fsp3) is 0.647. The highest BCUT2D eigenvalue weighted by atomic mass is 79.9. The number of nitrogens with zero attached hydrogens (tertiary/aromatic N) is 1. The van der Waals surface area contributed by atoms with Gasteiger partial charge in [-0.2, -0.15) is 0 Å². The Bertz CT molecular complexity index is 528. The minimum Gasteiger partial charge on any atom is -0.364 e. The molecule has 1 aromatic carbocycles. The van der Waals surface area contributed by atoms with Crippen molar-refractivity contribution >= 4 is 37.5 Å². The molecule has 116 valence electrons. The van der Waals surface area contributed by atoms with Crippen LogP contribution in [-0.2, 0) is 0 Å². The van der Waals surface area contributed by atoms with Crippen molar-refractivity contribution in [3.05, 3.63) is 27.1 Å². The molecule has 2 fully saturated rings. The van der Waals surface area contributed by atoms with Crippen LogP contribution in [0, 0.1) is 11.8 Å². The summed E-state index contributed by atoms with van der Waals surface area (Å²) in [4.78, 5) is 2.62. The number of hydrogen-bond donors (Lipinski definition) is 1. The average Bonchev–Trinajstić information content (AvgIpc) is 3.26. The molecule has 1 aliphatic carbocycles. The van der Waals surface area contributed by atoms with Crippen molar-refractivity contribution in [2.24, 2.45) is 11.8 Å². The molecule has 2 atom stereocenters. The summed E-state index contributed by atoms with van der Waals surface area (Å²) in [5.74, 6) is 1.48. The van der Waals surface area contributed by atoms with Crippen LogP contribution in [0.3, 0.4) is 0 Å². The van der Waals surface area contributed by atoms with Crippen LogP contribution in [0.15, 0.2) is 27.1 Å². The van der Waals surface area contributed by atoms with Crippen LogP contribution in [-0.4, -0.2) is 24.7 Å². The van der Waals surface area contributed by atoms with E-state index in [1.165, 1.54) is 23.0 Å². The maximum Gasteiger partial charge on any atom is 0.0525 e. The molecule has 0 bridgehead atoms. The molecule has 1 saturated heterocycles. The Morgan fingerprint density at radius 1 is 1.29 bits per heavy atom. The van der Waals surface area contributed by atoms with Crippen molar-refractivity contribution in [3.63, 3.8) is 0 Å². The molecule has 1 heterocycles. The van der Waals surface area contributed by atoms with E-state index in [4.69, 9.17) is 0 Å². The van der Waals surface area contributed by atoms with Crippen LogP contribution in [0.1, 0.15) is 33.6 Å². The monoisotopic (exact) mass is 414 g/mol. The third-order valence-corrected chi connectivity index (χ3v) is 6.24. The zero-order valence-electron chi connectivity index (χ0n) is 13.0. The molecular formula is C17H24Br2N2. The van der Waals surface area contributed by atoms with Crippen LogP contribution < -0.4 is 10.2 Å². The van der Waals surface area contributed by atoms with Gasteiger partial charge in [-0.05, 0) is 65.7 Å². The van der Waals surface area contributed by atoms with Gasteiger partial charge < -0.3 is 10.2 Å². The third-order valence-electron chi connectivity index (χ3n) is 5.08. The van der Waals surface area contributed by atoms with Crippen LogP contribution in [0.4, 0.5) is 5.69 Å². The quantitative estimate of drug-likeness (QED) is 0.761. The first-order valence-corrected chi connectivity index (χ1v) is 9.46. The minimum absolute atomic E-state index is 0.257. The zero-order valence-corrected chi connectivity index (χ0v) is 16.2. The normalized spacial score (nSPS) is 30.0. The predicted octanol–water partition coefficient (Wildman–Crippen LogP) is 4.81. The lowest BCUT2D eigenvalue weighted by Crippen LogP contribution is -2.65. The second-order valence-corrected chi connectivity index (χ2v) is 8.88. The van der Waals surface area contributed by atoms with Gasteiger partial charge >= 0.3 is 0 Å². The van der Waals surface area contributed by atoms with Crippen molar-refractivity contribution in [1.29, 1.82) is 0 Å². The van der Waals surface area contributed by atoms with E-state index in [9.17, 15) is 0 Å². The molecule has 1 aliphatic heterocycles. The van der Waals surface area contributed by atoms with Crippen molar-refractivity contribution in [3.8, 4) is 0 Å². The van der Waals surface area contributed by atoms with E-state index >= 15 is 0 Å². The molecule has 3 rings (SSSR count). The van der Waals surface area contributed by atoms with Crippen molar-refractivity contribution in [2.75, 3.05) is 18.0 Å². The fourth-order valence-electron chi connectivity index (χ4n) is 3.53. The second-order valence-electron chi connectivity index (χ2n) is 7.11. The summed E-state index contributed by atoms with van der Waals surface area (Å²) in [5.41, 5.74) is 1.57. The highest BCUT2D eigenvalue weighted by Crippen LogP contribution is 2.43. The van der Waals surface area contributed by atoms with Gasteiger partial charge in [-0.15, -0.1) is 0 Å². The minimum atomic E-state index is 0.257. The van der Waals surface area contributed by atoms with E-state index in [1.54, 1.807) is 0 Å². The van der Waals surface area contributed by atoms with Gasteiger partial charge in [-0.25, -0.2) is 0 Å². The number of halogens is 2. The molecule has 2 aliphatic rings. The summed E-state index contributed by atoms with van der Waals surface area (Å²) in [6, 6.07) is 7.04. The standard InChI is InChI=1S/C17H24Br2N2/c1-11(2)16-9-20-17(3,12-4-5-12)10-21(16)15-8-13(18)6-7-14(15)19/h6-8,11-12,16,20H,4-5,9-10H2,1-3H3. The Morgan fingerprint density at radius 3 is 2.62 bits per heavy atom. The molecule has 0 radical (unpaired) electrons. The maximum atomic E-state index is 3.85. The summed E-state index contributed by atoms with van der Waals surface area (Å²) in [6.45, 7) is 9.22. The molecule has 0 amide bonds. The smallest absolute Gasteiger partial charge is 0.0525 e. The Hall–Kier alpha value is -0.0600. The predicted molar refractivity (Wildman–Crippen MR) is 96.9 cm³/mol. The Morgan fingerprint density at radius 2 is 2.00 bits per heavy atom. The molecule has 2 unspecified atom stereocenters. The molecule has 1 aromatic rings. The number of piperazine rings is 1. The first kappa shape index (κ1) is 15.8. The van der Waals surface area contributed by atoms with Gasteiger partial charge in [0, 0.05) is 33.6 Å². The number of rotatable bonds is 3. The lowest BCUT2D eigenvalue weighted by molar-refractivity contribution is 0.233. The first-order valence-electron chi connectivity index (χ1n) is 7.87. The van der Waals surface area contributed by atoms with Crippen molar-refractivity contribution in [2.45, 2.75) is 45.2 Å². The number of hydrogen-bond acceptors (Lipinski definition) is 2. The zero-order chi connectivity index (χ0) is 15.2. The van der Waals surface area contributed by atoms with Gasteiger partial charge in [0.2, 0.25) is 0 Å².